The fraction of sp³-hybridized carbons (Fsp3) is 0.0588. The van der Waals surface area contributed by atoms with Gasteiger partial charge in [0.2, 0.25) is 0 Å². The minimum absolute atomic E-state index is 0.784. The summed E-state index contributed by atoms with van der Waals surface area (Å²) in [6, 6.07) is 21.8. The number of aromatic nitrogens is 1. The normalized spacial score (nSPS) is 10.2. The van der Waals surface area contributed by atoms with Gasteiger partial charge in [-0.25, -0.2) is 0 Å². The van der Waals surface area contributed by atoms with E-state index in [1.807, 2.05) is 66.9 Å². The standard InChI is InChI=1S/C17H16N2O/c1-2-6-16(7-3-1)20-17-10-8-14(9-11-17)19-13-15-5-4-12-18-15/h1-12,18-19H,13H2. The quantitative estimate of drug-likeness (QED) is 0.715. The molecule has 0 amide bonds. The van der Waals surface area contributed by atoms with E-state index in [-0.39, 0.29) is 0 Å². The van der Waals surface area contributed by atoms with Crippen molar-refractivity contribution in [2.24, 2.45) is 0 Å². The number of rotatable bonds is 5. The zero-order chi connectivity index (χ0) is 13.6. The largest absolute Gasteiger partial charge is 0.457 e. The van der Waals surface area contributed by atoms with Crippen LogP contribution in [0.25, 0.3) is 0 Å². The van der Waals surface area contributed by atoms with Gasteiger partial charge in [0.1, 0.15) is 11.5 Å². The number of H-pyrrole nitrogens is 1. The molecule has 0 bridgehead atoms. The lowest BCUT2D eigenvalue weighted by molar-refractivity contribution is 0.483. The molecule has 20 heavy (non-hydrogen) atoms. The van der Waals surface area contributed by atoms with Crippen molar-refractivity contribution < 1.29 is 4.74 Å². The third kappa shape index (κ3) is 3.20. The van der Waals surface area contributed by atoms with Crippen LogP contribution in [0, 0.1) is 0 Å². The number of aromatic amines is 1. The van der Waals surface area contributed by atoms with Gasteiger partial charge in [-0.2, -0.15) is 0 Å². The van der Waals surface area contributed by atoms with E-state index in [4.69, 9.17) is 4.74 Å². The summed E-state index contributed by atoms with van der Waals surface area (Å²) in [5.41, 5.74) is 2.23. The van der Waals surface area contributed by atoms with Crippen LogP contribution in [0.2, 0.25) is 0 Å². The van der Waals surface area contributed by atoms with Crippen LogP contribution in [0.4, 0.5) is 5.69 Å². The first kappa shape index (κ1) is 12.4. The third-order valence-electron chi connectivity index (χ3n) is 2.98. The Bertz CT molecular complexity index is 631. The maximum Gasteiger partial charge on any atom is 0.127 e. The van der Waals surface area contributed by atoms with Crippen LogP contribution in [0.15, 0.2) is 72.9 Å². The monoisotopic (exact) mass is 264 g/mol. The highest BCUT2D eigenvalue weighted by Gasteiger charge is 1.98. The van der Waals surface area contributed by atoms with Crippen molar-refractivity contribution in [3.05, 3.63) is 78.6 Å². The highest BCUT2D eigenvalue weighted by molar-refractivity contribution is 5.47. The molecule has 100 valence electrons. The van der Waals surface area contributed by atoms with Gasteiger partial charge >= 0.3 is 0 Å². The second-order valence-corrected chi connectivity index (χ2v) is 4.49. The van der Waals surface area contributed by atoms with Crippen molar-refractivity contribution in [2.45, 2.75) is 6.54 Å². The number of para-hydroxylation sites is 1. The maximum absolute atomic E-state index is 5.75. The van der Waals surface area contributed by atoms with Crippen LogP contribution in [0.1, 0.15) is 5.69 Å². The molecule has 0 aliphatic carbocycles. The van der Waals surface area contributed by atoms with E-state index in [2.05, 4.69) is 16.4 Å². The van der Waals surface area contributed by atoms with Crippen LogP contribution in [-0.2, 0) is 6.54 Å². The fourth-order valence-corrected chi connectivity index (χ4v) is 1.94. The molecule has 0 fully saturated rings. The summed E-state index contributed by atoms with van der Waals surface area (Å²) in [6.45, 7) is 0.784. The predicted molar refractivity (Wildman–Crippen MR) is 81.1 cm³/mol. The Labute approximate surface area is 118 Å². The molecule has 2 aromatic carbocycles. The van der Waals surface area contributed by atoms with Gasteiger partial charge in [0, 0.05) is 17.6 Å². The van der Waals surface area contributed by atoms with Crippen molar-refractivity contribution in [3.8, 4) is 11.5 Å². The first-order chi connectivity index (χ1) is 9.90. The predicted octanol–water partition coefficient (Wildman–Crippen LogP) is 4.42. The van der Waals surface area contributed by atoms with Crippen LogP contribution in [0.3, 0.4) is 0 Å². The Kier molecular flexibility index (Phi) is 3.69. The summed E-state index contributed by atoms with van der Waals surface area (Å²) in [6.07, 6.45) is 1.92. The zero-order valence-electron chi connectivity index (χ0n) is 11.0. The minimum atomic E-state index is 0.784. The molecule has 0 aliphatic heterocycles. The van der Waals surface area contributed by atoms with Crippen molar-refractivity contribution >= 4 is 5.69 Å². The number of ether oxygens (including phenoxy) is 1. The van der Waals surface area contributed by atoms with Crippen LogP contribution in [-0.4, -0.2) is 4.98 Å². The molecule has 0 radical (unpaired) electrons. The van der Waals surface area contributed by atoms with Gasteiger partial charge in [0.05, 0.1) is 6.54 Å². The van der Waals surface area contributed by atoms with Gasteiger partial charge in [0.25, 0.3) is 0 Å². The molecule has 0 aliphatic rings. The highest BCUT2D eigenvalue weighted by Crippen LogP contribution is 2.22. The number of benzene rings is 2. The Hall–Kier alpha value is -2.68. The summed E-state index contributed by atoms with van der Waals surface area (Å²) < 4.78 is 5.75. The van der Waals surface area contributed by atoms with Gasteiger partial charge < -0.3 is 15.0 Å². The molecular formula is C17H16N2O. The second kappa shape index (κ2) is 5.97. The van der Waals surface area contributed by atoms with Gasteiger partial charge in [-0.1, -0.05) is 18.2 Å². The lowest BCUT2D eigenvalue weighted by Gasteiger charge is -2.08. The Balaban J connectivity index is 1.60. The first-order valence-electron chi connectivity index (χ1n) is 6.59. The lowest BCUT2D eigenvalue weighted by Crippen LogP contribution is -1.99. The molecule has 3 heteroatoms. The number of anilines is 1. The van der Waals surface area contributed by atoms with Crippen molar-refractivity contribution in [1.82, 2.24) is 4.98 Å². The smallest absolute Gasteiger partial charge is 0.127 e. The third-order valence-corrected chi connectivity index (χ3v) is 2.98. The number of nitrogens with one attached hydrogen (secondary N) is 2. The van der Waals surface area contributed by atoms with Gasteiger partial charge in [0.15, 0.2) is 0 Å². The topological polar surface area (TPSA) is 37.0 Å². The van der Waals surface area contributed by atoms with E-state index in [1.165, 1.54) is 0 Å². The molecule has 0 atom stereocenters. The summed E-state index contributed by atoms with van der Waals surface area (Å²) in [5, 5.41) is 3.35. The Morgan fingerprint density at radius 3 is 2.25 bits per heavy atom. The molecule has 3 nitrogen and oxygen atoms in total. The summed E-state index contributed by atoms with van der Waals surface area (Å²) in [5.74, 6) is 1.68. The summed E-state index contributed by atoms with van der Waals surface area (Å²) in [7, 11) is 0. The van der Waals surface area contributed by atoms with Gasteiger partial charge in [-0.3, -0.25) is 0 Å². The van der Waals surface area contributed by atoms with Crippen LogP contribution < -0.4 is 10.1 Å². The molecule has 3 aromatic rings. The summed E-state index contributed by atoms with van der Waals surface area (Å²) in [4.78, 5) is 3.16. The van der Waals surface area contributed by atoms with E-state index < -0.39 is 0 Å². The maximum atomic E-state index is 5.75. The number of hydrogen-bond acceptors (Lipinski definition) is 2. The summed E-state index contributed by atoms with van der Waals surface area (Å²) >= 11 is 0. The highest BCUT2D eigenvalue weighted by atomic mass is 16.5. The average molecular weight is 264 g/mol. The fourth-order valence-electron chi connectivity index (χ4n) is 1.94. The average Bonchev–Trinajstić information content (AvgIpc) is 3.01. The molecule has 1 aromatic heterocycles. The van der Waals surface area contributed by atoms with E-state index in [9.17, 15) is 0 Å². The Morgan fingerprint density at radius 2 is 1.55 bits per heavy atom. The van der Waals surface area contributed by atoms with Crippen molar-refractivity contribution in [1.29, 1.82) is 0 Å². The van der Waals surface area contributed by atoms with Crippen molar-refractivity contribution in [2.75, 3.05) is 5.32 Å². The molecule has 0 saturated heterocycles. The lowest BCUT2D eigenvalue weighted by atomic mass is 10.3. The molecule has 1 heterocycles. The number of hydrogen-bond donors (Lipinski definition) is 2. The van der Waals surface area contributed by atoms with E-state index >= 15 is 0 Å². The van der Waals surface area contributed by atoms with E-state index in [1.54, 1.807) is 0 Å². The van der Waals surface area contributed by atoms with Crippen LogP contribution >= 0.6 is 0 Å². The first-order valence-corrected chi connectivity index (χ1v) is 6.59. The van der Waals surface area contributed by atoms with Crippen LogP contribution in [0.5, 0.6) is 11.5 Å². The zero-order valence-corrected chi connectivity index (χ0v) is 11.0. The van der Waals surface area contributed by atoms with Crippen molar-refractivity contribution in [3.63, 3.8) is 0 Å². The molecule has 0 unspecified atom stereocenters. The minimum Gasteiger partial charge on any atom is -0.457 e. The Morgan fingerprint density at radius 1 is 0.800 bits per heavy atom. The molecule has 3 rings (SSSR count). The molecule has 2 N–H and O–H groups in total. The van der Waals surface area contributed by atoms with E-state index in [0.29, 0.717) is 0 Å². The molecule has 0 spiro atoms. The molecule has 0 saturated carbocycles. The SMILES string of the molecule is c1ccc(Oc2ccc(NCc3ccc[nH]3)cc2)cc1. The molecular weight excluding hydrogens is 248 g/mol. The van der Waals surface area contributed by atoms with E-state index in [0.717, 1.165) is 29.4 Å². The second-order valence-electron chi connectivity index (χ2n) is 4.49. The van der Waals surface area contributed by atoms with Gasteiger partial charge in [-0.15, -0.1) is 0 Å². The van der Waals surface area contributed by atoms with Gasteiger partial charge in [-0.05, 0) is 48.5 Å².